The first-order chi connectivity index (χ1) is 9.43. The number of hydrogen-bond acceptors (Lipinski definition) is 2. The fraction of sp³-hybridized carbons (Fsp3) is 0.0714. The summed E-state index contributed by atoms with van der Waals surface area (Å²) in [7, 11) is 1.43. The van der Waals surface area contributed by atoms with Gasteiger partial charge in [0.05, 0.1) is 17.7 Å². The van der Waals surface area contributed by atoms with Crippen molar-refractivity contribution in [1.82, 2.24) is 0 Å². The van der Waals surface area contributed by atoms with Crippen LogP contribution < -0.4 is 4.74 Å². The molecule has 104 valence electrons. The molecule has 20 heavy (non-hydrogen) atoms. The number of rotatable bonds is 3. The molecule has 0 spiro atoms. The van der Waals surface area contributed by atoms with Crippen LogP contribution in [0.2, 0.25) is 5.02 Å². The first-order valence-corrected chi connectivity index (χ1v) is 6.64. The van der Waals surface area contributed by atoms with Crippen LogP contribution >= 0.6 is 27.5 Å². The number of ketones is 1. The SMILES string of the molecule is COc1ccc(C(=O)c2c(F)cc(Br)cc2F)cc1Cl. The van der Waals surface area contributed by atoms with Gasteiger partial charge in [0.15, 0.2) is 5.78 Å². The van der Waals surface area contributed by atoms with Gasteiger partial charge in [-0.1, -0.05) is 27.5 Å². The molecule has 0 bridgehead atoms. The van der Waals surface area contributed by atoms with Crippen molar-refractivity contribution in [2.75, 3.05) is 7.11 Å². The van der Waals surface area contributed by atoms with Crippen LogP contribution in [0.5, 0.6) is 5.75 Å². The Bertz CT molecular complexity index is 666. The number of methoxy groups -OCH3 is 1. The molecule has 0 saturated heterocycles. The summed E-state index contributed by atoms with van der Waals surface area (Å²) in [4.78, 5) is 12.2. The standard InChI is InChI=1S/C14H8BrClF2O2/c1-20-12-3-2-7(4-9(12)16)14(19)13-10(17)5-8(15)6-11(13)18/h2-6H,1H3. The maximum Gasteiger partial charge on any atom is 0.198 e. The number of carbonyl (C=O) groups excluding carboxylic acids is 1. The van der Waals surface area contributed by atoms with Crippen molar-refractivity contribution in [2.24, 2.45) is 0 Å². The Morgan fingerprint density at radius 1 is 1.20 bits per heavy atom. The zero-order valence-corrected chi connectivity index (χ0v) is 12.6. The minimum absolute atomic E-state index is 0.0796. The number of hydrogen-bond donors (Lipinski definition) is 0. The van der Waals surface area contributed by atoms with Crippen molar-refractivity contribution in [3.63, 3.8) is 0 Å². The third-order valence-electron chi connectivity index (χ3n) is 2.65. The van der Waals surface area contributed by atoms with Crippen LogP contribution in [-0.2, 0) is 0 Å². The van der Waals surface area contributed by atoms with Crippen molar-refractivity contribution in [1.29, 1.82) is 0 Å². The van der Waals surface area contributed by atoms with E-state index in [1.165, 1.54) is 25.3 Å². The summed E-state index contributed by atoms with van der Waals surface area (Å²) in [5, 5.41) is 0.191. The largest absolute Gasteiger partial charge is 0.495 e. The van der Waals surface area contributed by atoms with Crippen molar-refractivity contribution >= 4 is 33.3 Å². The molecule has 0 heterocycles. The van der Waals surface area contributed by atoms with E-state index in [1.54, 1.807) is 0 Å². The smallest absolute Gasteiger partial charge is 0.198 e. The zero-order valence-electron chi connectivity index (χ0n) is 10.2. The van der Waals surface area contributed by atoms with E-state index in [0.717, 1.165) is 12.1 Å². The molecule has 2 aromatic rings. The molecule has 0 fully saturated rings. The summed E-state index contributed by atoms with van der Waals surface area (Å²) in [6.07, 6.45) is 0. The normalized spacial score (nSPS) is 10.4. The van der Waals surface area contributed by atoms with Gasteiger partial charge >= 0.3 is 0 Å². The van der Waals surface area contributed by atoms with Gasteiger partial charge in [-0.2, -0.15) is 0 Å². The van der Waals surface area contributed by atoms with E-state index in [-0.39, 0.29) is 15.1 Å². The molecule has 0 saturated carbocycles. The highest BCUT2D eigenvalue weighted by molar-refractivity contribution is 9.10. The van der Waals surface area contributed by atoms with E-state index >= 15 is 0 Å². The van der Waals surface area contributed by atoms with E-state index in [1.807, 2.05) is 0 Å². The van der Waals surface area contributed by atoms with E-state index in [9.17, 15) is 13.6 Å². The molecular formula is C14H8BrClF2O2. The lowest BCUT2D eigenvalue weighted by Crippen LogP contribution is -2.08. The van der Waals surface area contributed by atoms with Crippen LogP contribution in [-0.4, -0.2) is 12.9 Å². The van der Waals surface area contributed by atoms with E-state index < -0.39 is 23.0 Å². The molecule has 0 aliphatic carbocycles. The second-order valence-corrected chi connectivity index (χ2v) is 5.25. The lowest BCUT2D eigenvalue weighted by Gasteiger charge is -2.07. The molecule has 0 atom stereocenters. The Balaban J connectivity index is 2.49. The molecule has 2 rings (SSSR count). The Labute approximate surface area is 127 Å². The number of ether oxygens (including phenoxy) is 1. The maximum absolute atomic E-state index is 13.7. The molecule has 0 amide bonds. The van der Waals surface area contributed by atoms with Gasteiger partial charge in [0.1, 0.15) is 17.4 Å². The minimum Gasteiger partial charge on any atom is -0.495 e. The van der Waals surface area contributed by atoms with Crippen LogP contribution in [0.4, 0.5) is 8.78 Å². The fourth-order valence-corrected chi connectivity index (χ4v) is 2.37. The summed E-state index contributed by atoms with van der Waals surface area (Å²) < 4.78 is 32.7. The summed E-state index contributed by atoms with van der Waals surface area (Å²) >= 11 is 8.85. The van der Waals surface area contributed by atoms with E-state index in [4.69, 9.17) is 16.3 Å². The summed E-state index contributed by atoms with van der Waals surface area (Å²) in [6.45, 7) is 0. The van der Waals surface area contributed by atoms with Gasteiger partial charge in [-0.3, -0.25) is 4.79 Å². The Hall–Kier alpha value is -1.46. The highest BCUT2D eigenvalue weighted by atomic mass is 79.9. The van der Waals surface area contributed by atoms with Gasteiger partial charge in [0.25, 0.3) is 0 Å². The zero-order chi connectivity index (χ0) is 14.9. The Morgan fingerprint density at radius 2 is 1.80 bits per heavy atom. The average molecular weight is 362 g/mol. The van der Waals surface area contributed by atoms with Gasteiger partial charge in [0, 0.05) is 10.0 Å². The molecule has 0 aliphatic rings. The second kappa shape index (κ2) is 5.89. The summed E-state index contributed by atoms with van der Waals surface area (Å²) in [5.41, 5.74) is -0.537. The monoisotopic (exact) mass is 360 g/mol. The summed E-state index contributed by atoms with van der Waals surface area (Å²) in [6, 6.07) is 6.23. The van der Waals surface area contributed by atoms with Crippen LogP contribution in [0.25, 0.3) is 0 Å². The first-order valence-electron chi connectivity index (χ1n) is 5.47. The number of halogens is 4. The lowest BCUT2D eigenvalue weighted by molar-refractivity contribution is 0.103. The van der Waals surface area contributed by atoms with Gasteiger partial charge in [0.2, 0.25) is 0 Å². The molecule has 0 unspecified atom stereocenters. The third-order valence-corrected chi connectivity index (χ3v) is 3.40. The van der Waals surface area contributed by atoms with Gasteiger partial charge < -0.3 is 4.74 Å². The van der Waals surface area contributed by atoms with Crippen LogP contribution in [0, 0.1) is 11.6 Å². The van der Waals surface area contributed by atoms with Crippen molar-refractivity contribution in [2.45, 2.75) is 0 Å². The highest BCUT2D eigenvalue weighted by Gasteiger charge is 2.20. The molecule has 6 heteroatoms. The van der Waals surface area contributed by atoms with Crippen molar-refractivity contribution in [3.05, 3.63) is 62.6 Å². The molecule has 0 N–H and O–H groups in total. The van der Waals surface area contributed by atoms with Crippen molar-refractivity contribution < 1.29 is 18.3 Å². The maximum atomic E-state index is 13.7. The van der Waals surface area contributed by atoms with Crippen LogP contribution in [0.1, 0.15) is 15.9 Å². The lowest BCUT2D eigenvalue weighted by atomic mass is 10.0. The number of benzene rings is 2. The average Bonchev–Trinajstić information content (AvgIpc) is 2.37. The molecule has 2 nitrogen and oxygen atoms in total. The molecule has 0 aromatic heterocycles. The van der Waals surface area contributed by atoms with Gasteiger partial charge in [-0.05, 0) is 30.3 Å². The predicted molar refractivity (Wildman–Crippen MR) is 75.5 cm³/mol. The first kappa shape index (κ1) is 14.9. The minimum atomic E-state index is -0.936. The van der Waals surface area contributed by atoms with Gasteiger partial charge in [-0.15, -0.1) is 0 Å². The third kappa shape index (κ3) is 2.83. The highest BCUT2D eigenvalue weighted by Crippen LogP contribution is 2.28. The Morgan fingerprint density at radius 3 is 2.30 bits per heavy atom. The fourth-order valence-electron chi connectivity index (χ4n) is 1.71. The summed E-state index contributed by atoms with van der Waals surface area (Å²) in [5.74, 6) is -2.28. The Kier molecular flexibility index (Phi) is 4.40. The van der Waals surface area contributed by atoms with Crippen molar-refractivity contribution in [3.8, 4) is 5.75 Å². The molecular weight excluding hydrogens is 354 g/mol. The quantitative estimate of drug-likeness (QED) is 0.746. The molecule has 0 aliphatic heterocycles. The molecule has 0 radical (unpaired) electrons. The second-order valence-electron chi connectivity index (χ2n) is 3.92. The van der Waals surface area contributed by atoms with Gasteiger partial charge in [-0.25, -0.2) is 8.78 Å². The van der Waals surface area contributed by atoms with E-state index in [2.05, 4.69) is 15.9 Å². The van der Waals surface area contributed by atoms with Crippen LogP contribution in [0.3, 0.4) is 0 Å². The molecule has 2 aromatic carbocycles. The predicted octanol–water partition coefficient (Wildman–Crippen LogP) is 4.62. The number of carbonyl (C=O) groups is 1. The van der Waals surface area contributed by atoms with E-state index in [0.29, 0.717) is 5.75 Å². The topological polar surface area (TPSA) is 26.3 Å². The van der Waals surface area contributed by atoms with Crippen LogP contribution in [0.15, 0.2) is 34.8 Å².